The average Bonchev–Trinajstić information content (AvgIpc) is 3.29. The van der Waals surface area contributed by atoms with Crippen molar-refractivity contribution in [2.45, 2.75) is 226 Å². The van der Waals surface area contributed by atoms with Gasteiger partial charge in [0.2, 0.25) is 0 Å². The standard InChI is InChI=1S/C58H94O6/c1-4-7-10-13-16-19-22-25-27-28-29-30-31-34-36-39-42-45-48-51-57(60)63-54-55(53-62-56(59)50-47-44-41-38-35-32-24-21-18-15-12-9-6-3)64-58(61)52-49-46-43-40-37-33-26-23-20-17-14-11-8-5-2/h7-8,10-11,16-17,19-20,25-27,29-30,33-34,36,42,45,55H,4-6,9,12-15,18,21-24,28,31-32,35,37-41,43-44,46-54H2,1-3H3/b10-7-,11-8-,19-16-,20-17-,27-25-,30-29-,33-26-,36-34-,45-42-. The quantitative estimate of drug-likeness (QED) is 0.0262. The van der Waals surface area contributed by atoms with E-state index in [1.807, 2.05) is 12.2 Å². The molecule has 0 aromatic heterocycles. The topological polar surface area (TPSA) is 78.9 Å². The molecule has 0 rings (SSSR count). The van der Waals surface area contributed by atoms with Crippen LogP contribution in [0.15, 0.2) is 109 Å². The van der Waals surface area contributed by atoms with Crippen LogP contribution >= 0.6 is 0 Å². The van der Waals surface area contributed by atoms with Gasteiger partial charge in [-0.1, -0.05) is 220 Å². The van der Waals surface area contributed by atoms with E-state index in [4.69, 9.17) is 14.2 Å². The van der Waals surface area contributed by atoms with Crippen molar-refractivity contribution in [2.75, 3.05) is 13.2 Å². The average molecular weight is 887 g/mol. The number of rotatable bonds is 45. The lowest BCUT2D eigenvalue weighted by Crippen LogP contribution is -2.30. The fourth-order valence-electron chi connectivity index (χ4n) is 6.72. The lowest BCUT2D eigenvalue weighted by atomic mass is 10.0. The largest absolute Gasteiger partial charge is 0.462 e. The van der Waals surface area contributed by atoms with Crippen LogP contribution in [-0.2, 0) is 28.6 Å². The minimum atomic E-state index is -0.820. The first kappa shape index (κ1) is 60.1. The van der Waals surface area contributed by atoms with Crippen molar-refractivity contribution in [3.63, 3.8) is 0 Å². The Hall–Kier alpha value is -3.93. The van der Waals surface area contributed by atoms with E-state index in [9.17, 15) is 14.4 Å². The molecule has 0 bridgehead atoms. The molecule has 0 aliphatic heterocycles. The zero-order valence-corrected chi connectivity index (χ0v) is 41.3. The molecule has 0 aromatic rings. The number of unbranched alkanes of at least 4 members (excludes halogenated alkanes) is 16. The fraction of sp³-hybridized carbons (Fsp3) is 0.638. The Kier molecular flexibility index (Phi) is 48.5. The summed E-state index contributed by atoms with van der Waals surface area (Å²) in [6.07, 6.45) is 69.4. The van der Waals surface area contributed by atoms with Gasteiger partial charge < -0.3 is 14.2 Å². The van der Waals surface area contributed by atoms with E-state index in [2.05, 4.69) is 118 Å². The zero-order valence-electron chi connectivity index (χ0n) is 41.3. The molecule has 0 fully saturated rings. The maximum Gasteiger partial charge on any atom is 0.306 e. The van der Waals surface area contributed by atoms with Crippen molar-refractivity contribution in [1.82, 2.24) is 0 Å². The van der Waals surface area contributed by atoms with Crippen LogP contribution in [0.1, 0.15) is 220 Å². The van der Waals surface area contributed by atoms with Crippen molar-refractivity contribution in [3.05, 3.63) is 109 Å². The van der Waals surface area contributed by atoms with E-state index in [0.29, 0.717) is 12.8 Å². The minimum Gasteiger partial charge on any atom is -0.462 e. The van der Waals surface area contributed by atoms with Crippen LogP contribution < -0.4 is 0 Å². The summed E-state index contributed by atoms with van der Waals surface area (Å²) in [6, 6.07) is 0. The van der Waals surface area contributed by atoms with Gasteiger partial charge in [0, 0.05) is 19.3 Å². The van der Waals surface area contributed by atoms with E-state index < -0.39 is 6.10 Å². The van der Waals surface area contributed by atoms with Gasteiger partial charge in [-0.3, -0.25) is 14.4 Å². The molecule has 6 nitrogen and oxygen atoms in total. The Morgan fingerprint density at radius 3 is 1.05 bits per heavy atom. The third-order valence-electron chi connectivity index (χ3n) is 10.5. The SMILES string of the molecule is CC/C=C\C/C=C\C/C=C\C/C=C\C/C=C\C/C=C\CCC(=O)OCC(COC(=O)CCCCCCCCCCCCCCC)OC(=O)CCCCCC/C=C\C/C=C\C/C=C\CC. The van der Waals surface area contributed by atoms with Crippen molar-refractivity contribution in [2.24, 2.45) is 0 Å². The summed E-state index contributed by atoms with van der Waals surface area (Å²) >= 11 is 0. The Morgan fingerprint density at radius 1 is 0.328 bits per heavy atom. The predicted molar refractivity (Wildman–Crippen MR) is 274 cm³/mol. The van der Waals surface area contributed by atoms with Gasteiger partial charge >= 0.3 is 17.9 Å². The summed E-state index contributed by atoms with van der Waals surface area (Å²) < 4.78 is 16.7. The summed E-state index contributed by atoms with van der Waals surface area (Å²) in [5, 5.41) is 0. The van der Waals surface area contributed by atoms with Crippen LogP contribution in [0.5, 0.6) is 0 Å². The summed E-state index contributed by atoms with van der Waals surface area (Å²) in [6.45, 7) is 6.31. The van der Waals surface area contributed by atoms with Gasteiger partial charge in [-0.15, -0.1) is 0 Å². The monoisotopic (exact) mass is 887 g/mol. The molecule has 362 valence electrons. The lowest BCUT2D eigenvalue weighted by molar-refractivity contribution is -0.166. The third-order valence-corrected chi connectivity index (χ3v) is 10.5. The Bertz CT molecular complexity index is 1340. The van der Waals surface area contributed by atoms with E-state index in [0.717, 1.165) is 109 Å². The van der Waals surface area contributed by atoms with Crippen LogP contribution in [-0.4, -0.2) is 37.2 Å². The van der Waals surface area contributed by atoms with Gasteiger partial charge in [-0.05, 0) is 89.9 Å². The van der Waals surface area contributed by atoms with Crippen LogP contribution in [0.4, 0.5) is 0 Å². The molecular formula is C58H94O6. The van der Waals surface area contributed by atoms with Gasteiger partial charge in [0.15, 0.2) is 6.10 Å². The molecule has 0 amide bonds. The van der Waals surface area contributed by atoms with E-state index in [-0.39, 0.29) is 44.0 Å². The van der Waals surface area contributed by atoms with Crippen LogP contribution in [0.25, 0.3) is 0 Å². The van der Waals surface area contributed by atoms with Gasteiger partial charge in [0.05, 0.1) is 0 Å². The first-order valence-corrected chi connectivity index (χ1v) is 25.9. The Morgan fingerprint density at radius 2 is 0.641 bits per heavy atom. The van der Waals surface area contributed by atoms with Crippen molar-refractivity contribution in [3.8, 4) is 0 Å². The van der Waals surface area contributed by atoms with Crippen LogP contribution in [0, 0.1) is 0 Å². The molecule has 0 radical (unpaired) electrons. The molecule has 0 saturated carbocycles. The molecule has 0 aliphatic rings. The maximum absolute atomic E-state index is 12.8. The summed E-state index contributed by atoms with van der Waals surface area (Å²) in [4.78, 5) is 37.9. The van der Waals surface area contributed by atoms with Crippen LogP contribution in [0.3, 0.4) is 0 Å². The smallest absolute Gasteiger partial charge is 0.306 e. The molecule has 0 aromatic carbocycles. The lowest BCUT2D eigenvalue weighted by Gasteiger charge is -2.18. The molecule has 0 aliphatic carbocycles. The normalized spacial score (nSPS) is 13.0. The molecule has 0 spiro atoms. The highest BCUT2D eigenvalue weighted by atomic mass is 16.6. The molecule has 1 unspecified atom stereocenters. The second-order valence-corrected chi connectivity index (χ2v) is 16.7. The molecule has 64 heavy (non-hydrogen) atoms. The number of hydrogen-bond donors (Lipinski definition) is 0. The summed E-state index contributed by atoms with van der Waals surface area (Å²) in [7, 11) is 0. The molecule has 6 heteroatoms. The van der Waals surface area contributed by atoms with Gasteiger partial charge in [0.25, 0.3) is 0 Å². The summed E-state index contributed by atoms with van der Waals surface area (Å²) in [5.74, 6) is -1.03. The second kappa shape index (κ2) is 51.7. The first-order chi connectivity index (χ1) is 31.5. The number of hydrogen-bond acceptors (Lipinski definition) is 6. The highest BCUT2D eigenvalue weighted by molar-refractivity contribution is 5.71. The Balaban J connectivity index is 4.54. The van der Waals surface area contributed by atoms with Gasteiger partial charge in [0.1, 0.15) is 13.2 Å². The van der Waals surface area contributed by atoms with E-state index >= 15 is 0 Å². The molecule has 0 heterocycles. The van der Waals surface area contributed by atoms with Gasteiger partial charge in [-0.2, -0.15) is 0 Å². The second-order valence-electron chi connectivity index (χ2n) is 16.7. The number of esters is 3. The van der Waals surface area contributed by atoms with Gasteiger partial charge in [-0.25, -0.2) is 0 Å². The third kappa shape index (κ3) is 49.1. The number of carbonyl (C=O) groups excluding carboxylic acids is 3. The molecular weight excluding hydrogens is 793 g/mol. The maximum atomic E-state index is 12.8. The molecule has 1 atom stereocenters. The fourth-order valence-corrected chi connectivity index (χ4v) is 6.72. The minimum absolute atomic E-state index is 0.111. The number of carbonyl (C=O) groups is 3. The van der Waals surface area contributed by atoms with Crippen molar-refractivity contribution < 1.29 is 28.6 Å². The first-order valence-electron chi connectivity index (χ1n) is 25.9. The van der Waals surface area contributed by atoms with E-state index in [1.165, 1.54) is 64.2 Å². The summed E-state index contributed by atoms with van der Waals surface area (Å²) in [5.41, 5.74) is 0. The molecule has 0 N–H and O–H groups in total. The highest BCUT2D eigenvalue weighted by Gasteiger charge is 2.19. The number of ether oxygens (including phenoxy) is 3. The Labute approximate surface area is 393 Å². The number of allylic oxidation sites excluding steroid dienone is 18. The zero-order chi connectivity index (χ0) is 46.5. The van der Waals surface area contributed by atoms with E-state index in [1.54, 1.807) is 0 Å². The van der Waals surface area contributed by atoms with Crippen molar-refractivity contribution in [1.29, 1.82) is 0 Å². The molecule has 0 saturated heterocycles. The van der Waals surface area contributed by atoms with Crippen molar-refractivity contribution >= 4 is 17.9 Å². The highest BCUT2D eigenvalue weighted by Crippen LogP contribution is 2.14. The van der Waals surface area contributed by atoms with Crippen LogP contribution in [0.2, 0.25) is 0 Å². The predicted octanol–water partition coefficient (Wildman–Crippen LogP) is 17.1.